The second-order valence-corrected chi connectivity index (χ2v) is 5.91. The van der Waals surface area contributed by atoms with Gasteiger partial charge in [-0.15, -0.1) is 0 Å². The lowest BCUT2D eigenvalue weighted by atomic mass is 9.86. The number of nitrogens with one attached hydrogen (secondary N) is 1. The van der Waals surface area contributed by atoms with Gasteiger partial charge in [-0.05, 0) is 63.8 Å². The SMILES string of the molecule is COC(C)C(C)NCCC1CC2CCC1C2. The van der Waals surface area contributed by atoms with E-state index >= 15 is 0 Å². The van der Waals surface area contributed by atoms with Crippen molar-refractivity contribution in [2.75, 3.05) is 13.7 Å². The molecule has 2 bridgehead atoms. The minimum atomic E-state index is 0.319. The van der Waals surface area contributed by atoms with Crippen LogP contribution in [0.1, 0.15) is 46.0 Å². The van der Waals surface area contributed by atoms with Crippen LogP contribution in [-0.2, 0) is 4.74 Å². The molecule has 2 heteroatoms. The first-order valence-corrected chi connectivity index (χ1v) is 6.97. The summed E-state index contributed by atoms with van der Waals surface area (Å²) in [6.07, 6.45) is 7.78. The number of hydrogen-bond acceptors (Lipinski definition) is 2. The first kappa shape index (κ1) is 12.4. The quantitative estimate of drug-likeness (QED) is 0.750. The van der Waals surface area contributed by atoms with E-state index < -0.39 is 0 Å². The summed E-state index contributed by atoms with van der Waals surface area (Å²) < 4.78 is 5.32. The molecule has 1 N–H and O–H groups in total. The van der Waals surface area contributed by atoms with Crippen LogP contribution in [0.25, 0.3) is 0 Å². The van der Waals surface area contributed by atoms with E-state index in [9.17, 15) is 0 Å². The van der Waals surface area contributed by atoms with E-state index in [1.807, 2.05) is 0 Å². The Kier molecular flexibility index (Phi) is 4.26. The summed E-state index contributed by atoms with van der Waals surface area (Å²) in [5.41, 5.74) is 0. The van der Waals surface area contributed by atoms with Gasteiger partial charge in [-0.1, -0.05) is 6.42 Å². The van der Waals surface area contributed by atoms with E-state index in [1.165, 1.54) is 38.6 Å². The Hall–Kier alpha value is -0.0800. The first-order valence-electron chi connectivity index (χ1n) is 6.97. The van der Waals surface area contributed by atoms with Crippen molar-refractivity contribution in [2.45, 2.75) is 58.1 Å². The Bertz CT molecular complexity index is 219. The largest absolute Gasteiger partial charge is 0.380 e. The third-order valence-electron chi connectivity index (χ3n) is 4.94. The fourth-order valence-corrected chi connectivity index (χ4v) is 3.60. The molecule has 0 aromatic carbocycles. The topological polar surface area (TPSA) is 21.3 Å². The molecule has 2 aliphatic carbocycles. The maximum absolute atomic E-state index is 5.32. The summed E-state index contributed by atoms with van der Waals surface area (Å²) in [5, 5.41) is 3.59. The summed E-state index contributed by atoms with van der Waals surface area (Å²) in [4.78, 5) is 0. The van der Waals surface area contributed by atoms with Gasteiger partial charge in [-0.25, -0.2) is 0 Å². The molecule has 2 aliphatic rings. The van der Waals surface area contributed by atoms with Crippen molar-refractivity contribution in [1.29, 1.82) is 0 Å². The van der Waals surface area contributed by atoms with Crippen molar-refractivity contribution >= 4 is 0 Å². The molecule has 2 saturated carbocycles. The Morgan fingerprint density at radius 3 is 2.62 bits per heavy atom. The summed E-state index contributed by atoms with van der Waals surface area (Å²) in [6, 6.07) is 0.476. The van der Waals surface area contributed by atoms with Crippen molar-refractivity contribution in [1.82, 2.24) is 5.32 Å². The van der Waals surface area contributed by atoms with Crippen molar-refractivity contribution in [3.8, 4) is 0 Å². The number of methoxy groups -OCH3 is 1. The van der Waals surface area contributed by atoms with Crippen LogP contribution in [0.15, 0.2) is 0 Å². The molecular formula is C14H27NO. The van der Waals surface area contributed by atoms with E-state index in [1.54, 1.807) is 7.11 Å². The summed E-state index contributed by atoms with van der Waals surface area (Å²) in [6.45, 7) is 5.52. The Labute approximate surface area is 100 Å². The Morgan fingerprint density at radius 1 is 1.25 bits per heavy atom. The third kappa shape index (κ3) is 2.78. The lowest BCUT2D eigenvalue weighted by Crippen LogP contribution is -2.37. The van der Waals surface area contributed by atoms with Crippen molar-refractivity contribution in [3.63, 3.8) is 0 Å². The summed E-state index contributed by atoms with van der Waals surface area (Å²) in [5.74, 6) is 3.18. The molecule has 0 radical (unpaired) electrons. The fraction of sp³-hybridized carbons (Fsp3) is 1.00. The molecular weight excluding hydrogens is 198 g/mol. The van der Waals surface area contributed by atoms with E-state index in [2.05, 4.69) is 19.2 Å². The molecule has 2 fully saturated rings. The lowest BCUT2D eigenvalue weighted by molar-refractivity contribution is 0.0879. The minimum Gasteiger partial charge on any atom is -0.380 e. The second-order valence-electron chi connectivity index (χ2n) is 5.91. The normalized spacial score (nSPS) is 36.6. The van der Waals surface area contributed by atoms with Gasteiger partial charge >= 0.3 is 0 Å². The monoisotopic (exact) mass is 225 g/mol. The maximum atomic E-state index is 5.32. The van der Waals surface area contributed by atoms with Gasteiger partial charge in [-0.3, -0.25) is 0 Å². The molecule has 94 valence electrons. The highest BCUT2D eigenvalue weighted by Crippen LogP contribution is 2.49. The van der Waals surface area contributed by atoms with Gasteiger partial charge in [0.2, 0.25) is 0 Å². The number of rotatable bonds is 6. The Balaban J connectivity index is 1.61. The third-order valence-corrected chi connectivity index (χ3v) is 4.94. The predicted molar refractivity (Wildman–Crippen MR) is 67.5 cm³/mol. The van der Waals surface area contributed by atoms with E-state index in [0.29, 0.717) is 12.1 Å². The van der Waals surface area contributed by atoms with Crippen LogP contribution in [-0.4, -0.2) is 25.8 Å². The molecule has 0 aromatic rings. The van der Waals surface area contributed by atoms with Crippen LogP contribution in [0, 0.1) is 17.8 Å². The molecule has 0 spiro atoms. The molecule has 2 rings (SSSR count). The number of fused-ring (bicyclic) bond motifs is 2. The van der Waals surface area contributed by atoms with Crippen LogP contribution in [0.4, 0.5) is 0 Å². The van der Waals surface area contributed by atoms with Gasteiger partial charge in [0, 0.05) is 13.2 Å². The summed E-state index contributed by atoms with van der Waals surface area (Å²) >= 11 is 0. The molecule has 5 unspecified atom stereocenters. The standard InChI is InChI=1S/C14H27NO/c1-10(11(2)16-3)15-7-6-14-9-12-4-5-13(14)8-12/h10-15H,4-9H2,1-3H3. The van der Waals surface area contributed by atoms with Gasteiger partial charge in [0.1, 0.15) is 0 Å². The molecule has 16 heavy (non-hydrogen) atoms. The average Bonchev–Trinajstić information content (AvgIpc) is 2.89. The molecule has 5 atom stereocenters. The average molecular weight is 225 g/mol. The molecule has 0 heterocycles. The van der Waals surface area contributed by atoms with E-state index in [-0.39, 0.29) is 0 Å². The van der Waals surface area contributed by atoms with Gasteiger partial charge in [0.15, 0.2) is 0 Å². The number of hydrogen-bond donors (Lipinski definition) is 1. The van der Waals surface area contributed by atoms with Gasteiger partial charge in [0.05, 0.1) is 6.10 Å². The van der Waals surface area contributed by atoms with Crippen LogP contribution < -0.4 is 5.32 Å². The van der Waals surface area contributed by atoms with Crippen molar-refractivity contribution in [2.24, 2.45) is 17.8 Å². The van der Waals surface area contributed by atoms with Crippen LogP contribution in [0.2, 0.25) is 0 Å². The predicted octanol–water partition coefficient (Wildman–Crippen LogP) is 2.83. The van der Waals surface area contributed by atoms with Crippen molar-refractivity contribution < 1.29 is 4.74 Å². The molecule has 0 aromatic heterocycles. The zero-order valence-electron chi connectivity index (χ0n) is 11.0. The zero-order chi connectivity index (χ0) is 11.5. The smallest absolute Gasteiger partial charge is 0.0693 e. The highest BCUT2D eigenvalue weighted by Gasteiger charge is 2.38. The van der Waals surface area contributed by atoms with E-state index in [4.69, 9.17) is 4.74 Å². The number of ether oxygens (including phenoxy) is 1. The fourth-order valence-electron chi connectivity index (χ4n) is 3.60. The highest BCUT2D eigenvalue weighted by molar-refractivity contribution is 4.90. The first-order chi connectivity index (χ1) is 7.70. The van der Waals surface area contributed by atoms with Gasteiger partial charge < -0.3 is 10.1 Å². The molecule has 0 aliphatic heterocycles. The zero-order valence-corrected chi connectivity index (χ0v) is 11.0. The van der Waals surface area contributed by atoms with Crippen LogP contribution in [0.3, 0.4) is 0 Å². The van der Waals surface area contributed by atoms with Crippen molar-refractivity contribution in [3.05, 3.63) is 0 Å². The second kappa shape index (κ2) is 5.50. The van der Waals surface area contributed by atoms with E-state index in [0.717, 1.165) is 17.8 Å². The van der Waals surface area contributed by atoms with Gasteiger partial charge in [0.25, 0.3) is 0 Å². The minimum absolute atomic E-state index is 0.319. The lowest BCUT2D eigenvalue weighted by Gasteiger charge is -2.24. The highest BCUT2D eigenvalue weighted by atomic mass is 16.5. The maximum Gasteiger partial charge on any atom is 0.0693 e. The molecule has 0 amide bonds. The molecule has 2 nitrogen and oxygen atoms in total. The molecule has 0 saturated heterocycles. The van der Waals surface area contributed by atoms with Crippen LogP contribution in [0.5, 0.6) is 0 Å². The Morgan fingerprint density at radius 2 is 2.06 bits per heavy atom. The van der Waals surface area contributed by atoms with Crippen LogP contribution >= 0.6 is 0 Å². The van der Waals surface area contributed by atoms with Gasteiger partial charge in [-0.2, -0.15) is 0 Å². The summed E-state index contributed by atoms with van der Waals surface area (Å²) in [7, 11) is 1.79.